The first-order valence-corrected chi connectivity index (χ1v) is 5.50. The summed E-state index contributed by atoms with van der Waals surface area (Å²) in [6, 6.07) is 6.81. The average Bonchev–Trinajstić information content (AvgIpc) is 2.77. The van der Waals surface area contributed by atoms with Crippen LogP contribution in [0.3, 0.4) is 0 Å². The van der Waals surface area contributed by atoms with Gasteiger partial charge in [0, 0.05) is 13.0 Å². The van der Waals surface area contributed by atoms with Gasteiger partial charge in [0.25, 0.3) is 0 Å². The number of rotatable bonds is 1. The number of ether oxygens (including phenoxy) is 2. The van der Waals surface area contributed by atoms with Crippen LogP contribution in [0.25, 0.3) is 0 Å². The molecule has 3 heteroatoms. The summed E-state index contributed by atoms with van der Waals surface area (Å²) in [7, 11) is 0. The van der Waals surface area contributed by atoms with Gasteiger partial charge in [-0.1, -0.05) is 12.1 Å². The molecule has 0 amide bonds. The van der Waals surface area contributed by atoms with Gasteiger partial charge >= 0.3 is 0 Å². The number of morpholine rings is 1. The van der Waals surface area contributed by atoms with Crippen molar-refractivity contribution < 1.29 is 9.47 Å². The minimum Gasteiger partial charge on any atom is -0.493 e. The number of benzene rings is 1. The molecular formula is C12H15NO2. The molecule has 3 rings (SSSR count). The third kappa shape index (κ3) is 1.73. The van der Waals surface area contributed by atoms with Crippen LogP contribution in [-0.2, 0) is 11.2 Å². The molecule has 2 aliphatic heterocycles. The van der Waals surface area contributed by atoms with Crippen molar-refractivity contribution in [3.8, 4) is 5.75 Å². The highest BCUT2D eigenvalue weighted by Crippen LogP contribution is 2.28. The second kappa shape index (κ2) is 3.83. The Labute approximate surface area is 89.4 Å². The molecule has 0 spiro atoms. The first-order valence-electron chi connectivity index (χ1n) is 5.50. The Morgan fingerprint density at radius 2 is 2.27 bits per heavy atom. The van der Waals surface area contributed by atoms with Crippen molar-refractivity contribution in [2.24, 2.45) is 0 Å². The minimum atomic E-state index is 0.352. The van der Waals surface area contributed by atoms with Crippen LogP contribution in [0.5, 0.6) is 5.75 Å². The van der Waals surface area contributed by atoms with E-state index in [0.29, 0.717) is 6.04 Å². The fourth-order valence-corrected chi connectivity index (χ4v) is 2.20. The monoisotopic (exact) mass is 205 g/mol. The number of hydrogen-bond donors (Lipinski definition) is 1. The molecule has 2 aliphatic rings. The van der Waals surface area contributed by atoms with E-state index in [1.807, 2.05) is 0 Å². The summed E-state index contributed by atoms with van der Waals surface area (Å²) in [6.07, 6.45) is 1.04. The van der Waals surface area contributed by atoms with E-state index >= 15 is 0 Å². The lowest BCUT2D eigenvalue weighted by Crippen LogP contribution is -2.34. The molecule has 1 atom stereocenters. The van der Waals surface area contributed by atoms with Crippen LogP contribution < -0.4 is 10.1 Å². The van der Waals surface area contributed by atoms with E-state index in [2.05, 4.69) is 23.5 Å². The van der Waals surface area contributed by atoms with Crippen molar-refractivity contribution in [3.05, 3.63) is 29.3 Å². The first-order chi connectivity index (χ1) is 7.43. The molecule has 1 saturated heterocycles. The predicted octanol–water partition coefficient (Wildman–Crippen LogP) is 1.28. The van der Waals surface area contributed by atoms with Crippen molar-refractivity contribution in [2.45, 2.75) is 12.5 Å². The standard InChI is InChI=1S/C12H15NO2/c1-2-12-10(3-5-15-12)7-9(1)11-8-14-6-4-13-11/h1-2,7,11,13H,3-6,8H2. The third-order valence-electron chi connectivity index (χ3n) is 3.04. The quantitative estimate of drug-likeness (QED) is 0.749. The van der Waals surface area contributed by atoms with Crippen molar-refractivity contribution in [2.75, 3.05) is 26.4 Å². The van der Waals surface area contributed by atoms with E-state index in [9.17, 15) is 0 Å². The molecule has 0 radical (unpaired) electrons. The molecule has 0 aromatic heterocycles. The second-order valence-electron chi connectivity index (χ2n) is 4.05. The summed E-state index contributed by atoms with van der Waals surface area (Å²) in [5.74, 6) is 1.05. The number of nitrogens with one attached hydrogen (secondary N) is 1. The highest BCUT2D eigenvalue weighted by atomic mass is 16.5. The molecule has 2 heterocycles. The molecule has 0 bridgehead atoms. The molecule has 1 fully saturated rings. The zero-order chi connectivity index (χ0) is 10.1. The maximum Gasteiger partial charge on any atom is 0.122 e. The topological polar surface area (TPSA) is 30.5 Å². The van der Waals surface area contributed by atoms with Crippen LogP contribution in [0, 0.1) is 0 Å². The first kappa shape index (κ1) is 9.19. The van der Waals surface area contributed by atoms with Crippen molar-refractivity contribution in [3.63, 3.8) is 0 Å². The van der Waals surface area contributed by atoms with Gasteiger partial charge in [0.2, 0.25) is 0 Å². The zero-order valence-corrected chi connectivity index (χ0v) is 8.66. The van der Waals surface area contributed by atoms with Crippen LogP contribution in [0.15, 0.2) is 18.2 Å². The lowest BCUT2D eigenvalue weighted by atomic mass is 10.0. The van der Waals surface area contributed by atoms with Crippen molar-refractivity contribution >= 4 is 0 Å². The van der Waals surface area contributed by atoms with Gasteiger partial charge in [-0.2, -0.15) is 0 Å². The van der Waals surface area contributed by atoms with Gasteiger partial charge in [0.05, 0.1) is 25.9 Å². The van der Waals surface area contributed by atoms with Gasteiger partial charge in [0.1, 0.15) is 5.75 Å². The van der Waals surface area contributed by atoms with Crippen molar-refractivity contribution in [1.82, 2.24) is 5.32 Å². The molecule has 0 aliphatic carbocycles. The van der Waals surface area contributed by atoms with E-state index in [1.165, 1.54) is 11.1 Å². The van der Waals surface area contributed by atoms with Gasteiger partial charge < -0.3 is 14.8 Å². The van der Waals surface area contributed by atoms with E-state index < -0.39 is 0 Å². The fourth-order valence-electron chi connectivity index (χ4n) is 2.20. The Hall–Kier alpha value is -1.06. The lowest BCUT2D eigenvalue weighted by Gasteiger charge is -2.24. The molecule has 15 heavy (non-hydrogen) atoms. The molecular weight excluding hydrogens is 190 g/mol. The van der Waals surface area contributed by atoms with Crippen LogP contribution in [0.2, 0.25) is 0 Å². The predicted molar refractivity (Wildman–Crippen MR) is 57.2 cm³/mol. The fraction of sp³-hybridized carbons (Fsp3) is 0.500. The Kier molecular flexibility index (Phi) is 2.35. The zero-order valence-electron chi connectivity index (χ0n) is 8.66. The van der Waals surface area contributed by atoms with Crippen LogP contribution >= 0.6 is 0 Å². The van der Waals surface area contributed by atoms with Gasteiger partial charge in [-0.05, 0) is 17.2 Å². The van der Waals surface area contributed by atoms with Gasteiger partial charge in [-0.15, -0.1) is 0 Å². The minimum absolute atomic E-state index is 0.352. The lowest BCUT2D eigenvalue weighted by molar-refractivity contribution is 0.0768. The van der Waals surface area contributed by atoms with Crippen LogP contribution in [0.1, 0.15) is 17.2 Å². The molecule has 1 aromatic carbocycles. The van der Waals surface area contributed by atoms with Gasteiger partial charge in [0.15, 0.2) is 0 Å². The maximum absolute atomic E-state index is 5.49. The van der Waals surface area contributed by atoms with Gasteiger partial charge in [-0.25, -0.2) is 0 Å². The third-order valence-corrected chi connectivity index (χ3v) is 3.04. The Morgan fingerprint density at radius 3 is 3.13 bits per heavy atom. The van der Waals surface area contributed by atoms with Crippen LogP contribution in [-0.4, -0.2) is 26.4 Å². The number of fused-ring (bicyclic) bond motifs is 1. The SMILES string of the molecule is c1cc2c(cc1C1COCCN1)CCO2. The highest BCUT2D eigenvalue weighted by Gasteiger charge is 2.18. The second-order valence-corrected chi connectivity index (χ2v) is 4.05. The summed E-state index contributed by atoms with van der Waals surface area (Å²) < 4.78 is 11.0. The highest BCUT2D eigenvalue weighted by molar-refractivity contribution is 5.40. The van der Waals surface area contributed by atoms with E-state index in [-0.39, 0.29) is 0 Å². The summed E-state index contributed by atoms with van der Waals surface area (Å²) in [5, 5.41) is 3.46. The van der Waals surface area contributed by atoms with Crippen LogP contribution in [0.4, 0.5) is 0 Å². The van der Waals surface area contributed by atoms with Crippen molar-refractivity contribution in [1.29, 1.82) is 0 Å². The molecule has 3 nitrogen and oxygen atoms in total. The molecule has 1 aromatic rings. The maximum atomic E-state index is 5.49. The summed E-state index contributed by atoms with van der Waals surface area (Å²) >= 11 is 0. The Balaban J connectivity index is 1.85. The van der Waals surface area contributed by atoms with E-state index in [0.717, 1.165) is 38.5 Å². The normalized spacial score (nSPS) is 24.7. The van der Waals surface area contributed by atoms with E-state index in [1.54, 1.807) is 0 Å². The van der Waals surface area contributed by atoms with Gasteiger partial charge in [-0.3, -0.25) is 0 Å². The molecule has 80 valence electrons. The Morgan fingerprint density at radius 1 is 1.27 bits per heavy atom. The van der Waals surface area contributed by atoms with E-state index in [4.69, 9.17) is 9.47 Å². The molecule has 1 unspecified atom stereocenters. The summed E-state index contributed by atoms with van der Waals surface area (Å²) in [4.78, 5) is 0. The largest absolute Gasteiger partial charge is 0.493 e. The average molecular weight is 205 g/mol. The molecule has 1 N–H and O–H groups in total. The Bertz CT molecular complexity index is 359. The smallest absolute Gasteiger partial charge is 0.122 e. The summed E-state index contributed by atoms with van der Waals surface area (Å²) in [6.45, 7) is 3.37. The molecule has 0 saturated carbocycles. The summed E-state index contributed by atoms with van der Waals surface area (Å²) in [5.41, 5.74) is 2.65. The number of hydrogen-bond acceptors (Lipinski definition) is 3.